The number of carbonyl (C=O) groups is 1. The molecule has 3 rings (SSSR count). The van der Waals surface area contributed by atoms with Gasteiger partial charge in [0, 0.05) is 18.3 Å². The predicted molar refractivity (Wildman–Crippen MR) is 95.6 cm³/mol. The van der Waals surface area contributed by atoms with Gasteiger partial charge in [-0.15, -0.1) is 0 Å². The van der Waals surface area contributed by atoms with Crippen molar-refractivity contribution >= 4 is 5.91 Å². The molecule has 1 aliphatic carbocycles. The van der Waals surface area contributed by atoms with Crippen LogP contribution in [0, 0.1) is 0 Å². The molecule has 1 N–H and O–H groups in total. The quantitative estimate of drug-likeness (QED) is 0.876. The zero-order valence-electron chi connectivity index (χ0n) is 14.4. The highest BCUT2D eigenvalue weighted by atomic mass is 16.5. The monoisotopic (exact) mass is 340 g/mol. The SMILES string of the molecule is CC(Oc1ccccc1)C(=O)NC1CCC(Oc2ccccn2)CC1. The number of amides is 1. The van der Waals surface area contributed by atoms with Crippen LogP contribution in [0.15, 0.2) is 54.7 Å². The van der Waals surface area contributed by atoms with E-state index in [9.17, 15) is 4.79 Å². The Morgan fingerprint density at radius 3 is 2.48 bits per heavy atom. The molecule has 1 unspecified atom stereocenters. The van der Waals surface area contributed by atoms with Crippen LogP contribution in [-0.4, -0.2) is 29.1 Å². The van der Waals surface area contributed by atoms with Crippen LogP contribution in [0.1, 0.15) is 32.6 Å². The minimum Gasteiger partial charge on any atom is -0.481 e. The average Bonchev–Trinajstić information content (AvgIpc) is 2.65. The topological polar surface area (TPSA) is 60.5 Å². The molecule has 1 aliphatic rings. The van der Waals surface area contributed by atoms with Gasteiger partial charge in [0.05, 0.1) is 0 Å². The largest absolute Gasteiger partial charge is 0.481 e. The van der Waals surface area contributed by atoms with Crippen molar-refractivity contribution in [2.45, 2.75) is 50.9 Å². The molecular formula is C20H24N2O3. The van der Waals surface area contributed by atoms with Crippen LogP contribution in [-0.2, 0) is 4.79 Å². The Kier molecular flexibility index (Phi) is 5.88. The Balaban J connectivity index is 1.41. The van der Waals surface area contributed by atoms with E-state index in [0.717, 1.165) is 25.7 Å². The summed E-state index contributed by atoms with van der Waals surface area (Å²) >= 11 is 0. The van der Waals surface area contributed by atoms with Crippen LogP contribution in [0.2, 0.25) is 0 Å². The molecule has 5 nitrogen and oxygen atoms in total. The van der Waals surface area contributed by atoms with Crippen molar-refractivity contribution in [2.24, 2.45) is 0 Å². The summed E-state index contributed by atoms with van der Waals surface area (Å²) in [4.78, 5) is 16.5. The van der Waals surface area contributed by atoms with Gasteiger partial charge in [-0.1, -0.05) is 24.3 Å². The van der Waals surface area contributed by atoms with E-state index in [-0.39, 0.29) is 18.1 Å². The Morgan fingerprint density at radius 2 is 1.80 bits per heavy atom. The number of nitrogens with zero attached hydrogens (tertiary/aromatic N) is 1. The molecule has 0 spiro atoms. The fourth-order valence-electron chi connectivity index (χ4n) is 2.99. The van der Waals surface area contributed by atoms with E-state index in [2.05, 4.69) is 10.3 Å². The second-order valence-electron chi connectivity index (χ2n) is 6.34. The van der Waals surface area contributed by atoms with Crippen LogP contribution in [0.5, 0.6) is 11.6 Å². The molecular weight excluding hydrogens is 316 g/mol. The summed E-state index contributed by atoms with van der Waals surface area (Å²) in [5.74, 6) is 1.30. The molecule has 1 amide bonds. The second-order valence-corrected chi connectivity index (χ2v) is 6.34. The van der Waals surface area contributed by atoms with Crippen molar-refractivity contribution in [3.63, 3.8) is 0 Å². The molecule has 1 aromatic carbocycles. The third kappa shape index (κ3) is 5.21. The summed E-state index contributed by atoms with van der Waals surface area (Å²) in [6, 6.07) is 15.2. The summed E-state index contributed by atoms with van der Waals surface area (Å²) < 4.78 is 11.6. The van der Waals surface area contributed by atoms with E-state index in [1.54, 1.807) is 13.1 Å². The first-order valence-corrected chi connectivity index (χ1v) is 8.80. The predicted octanol–water partition coefficient (Wildman–Crippen LogP) is 3.36. The van der Waals surface area contributed by atoms with Crippen molar-refractivity contribution in [1.82, 2.24) is 10.3 Å². The number of para-hydroxylation sites is 1. The van der Waals surface area contributed by atoms with E-state index in [0.29, 0.717) is 11.6 Å². The van der Waals surface area contributed by atoms with Crippen molar-refractivity contribution in [1.29, 1.82) is 0 Å². The molecule has 1 atom stereocenters. The number of hydrogen-bond donors (Lipinski definition) is 1. The van der Waals surface area contributed by atoms with Gasteiger partial charge in [0.2, 0.25) is 5.88 Å². The Labute approximate surface area is 148 Å². The molecule has 0 bridgehead atoms. The van der Waals surface area contributed by atoms with Crippen molar-refractivity contribution in [3.05, 3.63) is 54.7 Å². The van der Waals surface area contributed by atoms with Gasteiger partial charge in [0.25, 0.3) is 5.91 Å². The lowest BCUT2D eigenvalue weighted by Gasteiger charge is -2.29. The van der Waals surface area contributed by atoms with Gasteiger partial charge < -0.3 is 14.8 Å². The van der Waals surface area contributed by atoms with Gasteiger partial charge in [-0.05, 0) is 50.8 Å². The van der Waals surface area contributed by atoms with Crippen LogP contribution in [0.3, 0.4) is 0 Å². The highest BCUT2D eigenvalue weighted by Crippen LogP contribution is 2.23. The number of ether oxygens (including phenoxy) is 2. The number of benzene rings is 1. The fraction of sp³-hybridized carbons (Fsp3) is 0.400. The minimum absolute atomic E-state index is 0.0713. The first-order valence-electron chi connectivity index (χ1n) is 8.80. The van der Waals surface area contributed by atoms with Crippen molar-refractivity contribution in [2.75, 3.05) is 0 Å². The third-order valence-corrected chi connectivity index (χ3v) is 4.37. The molecule has 25 heavy (non-hydrogen) atoms. The van der Waals surface area contributed by atoms with Crippen molar-refractivity contribution in [3.8, 4) is 11.6 Å². The van der Waals surface area contributed by atoms with Crippen LogP contribution in [0.25, 0.3) is 0 Å². The molecule has 0 aliphatic heterocycles. The zero-order chi connectivity index (χ0) is 17.5. The summed E-state index contributed by atoms with van der Waals surface area (Å²) in [6.45, 7) is 1.78. The van der Waals surface area contributed by atoms with Crippen LogP contribution < -0.4 is 14.8 Å². The minimum atomic E-state index is -0.509. The molecule has 1 saturated carbocycles. The Hall–Kier alpha value is -2.56. The molecule has 1 fully saturated rings. The van der Waals surface area contributed by atoms with E-state index < -0.39 is 6.10 Å². The van der Waals surface area contributed by atoms with Gasteiger partial charge >= 0.3 is 0 Å². The van der Waals surface area contributed by atoms with Crippen LogP contribution >= 0.6 is 0 Å². The maximum Gasteiger partial charge on any atom is 0.260 e. The van der Waals surface area contributed by atoms with Gasteiger partial charge in [0.15, 0.2) is 6.10 Å². The highest BCUT2D eigenvalue weighted by molar-refractivity contribution is 5.81. The maximum absolute atomic E-state index is 12.3. The molecule has 5 heteroatoms. The van der Waals surface area contributed by atoms with Gasteiger partial charge in [-0.25, -0.2) is 4.98 Å². The summed E-state index contributed by atoms with van der Waals surface area (Å²) in [5, 5.41) is 3.09. The summed E-state index contributed by atoms with van der Waals surface area (Å²) in [7, 11) is 0. The maximum atomic E-state index is 12.3. The third-order valence-electron chi connectivity index (χ3n) is 4.37. The number of rotatable bonds is 6. The molecule has 1 aromatic heterocycles. The van der Waals surface area contributed by atoms with E-state index >= 15 is 0 Å². The number of aromatic nitrogens is 1. The van der Waals surface area contributed by atoms with E-state index in [4.69, 9.17) is 9.47 Å². The lowest BCUT2D eigenvalue weighted by Crippen LogP contribution is -2.45. The summed E-state index contributed by atoms with van der Waals surface area (Å²) in [6.07, 6.45) is 5.02. The lowest BCUT2D eigenvalue weighted by molar-refractivity contribution is -0.128. The first-order chi connectivity index (χ1) is 12.2. The van der Waals surface area contributed by atoms with Gasteiger partial charge in [-0.2, -0.15) is 0 Å². The average molecular weight is 340 g/mol. The second kappa shape index (κ2) is 8.51. The number of carbonyl (C=O) groups excluding carboxylic acids is 1. The van der Waals surface area contributed by atoms with E-state index in [1.807, 2.05) is 48.5 Å². The van der Waals surface area contributed by atoms with Gasteiger partial charge in [0.1, 0.15) is 11.9 Å². The van der Waals surface area contributed by atoms with E-state index in [1.165, 1.54) is 0 Å². The Morgan fingerprint density at radius 1 is 1.08 bits per heavy atom. The molecule has 0 saturated heterocycles. The normalized spacial score (nSPS) is 21.2. The molecule has 0 radical (unpaired) electrons. The molecule has 1 heterocycles. The molecule has 132 valence electrons. The smallest absolute Gasteiger partial charge is 0.260 e. The number of nitrogens with one attached hydrogen (secondary N) is 1. The van der Waals surface area contributed by atoms with Crippen LogP contribution in [0.4, 0.5) is 0 Å². The number of pyridine rings is 1. The fourth-order valence-corrected chi connectivity index (χ4v) is 2.99. The van der Waals surface area contributed by atoms with Gasteiger partial charge in [-0.3, -0.25) is 4.79 Å². The highest BCUT2D eigenvalue weighted by Gasteiger charge is 2.25. The Bertz CT molecular complexity index is 655. The van der Waals surface area contributed by atoms with Crippen molar-refractivity contribution < 1.29 is 14.3 Å². The summed E-state index contributed by atoms with van der Waals surface area (Å²) in [5.41, 5.74) is 0. The first kappa shape index (κ1) is 17.3. The molecule has 2 aromatic rings. The lowest BCUT2D eigenvalue weighted by atomic mass is 9.93. The number of hydrogen-bond acceptors (Lipinski definition) is 4. The zero-order valence-corrected chi connectivity index (χ0v) is 14.4. The standard InChI is InChI=1S/C20H24N2O3/c1-15(24-17-7-3-2-4-8-17)20(23)22-16-10-12-18(13-11-16)25-19-9-5-6-14-21-19/h2-9,14-16,18H,10-13H2,1H3,(H,22,23).